The maximum Gasteiger partial charge on any atom is 0.139 e. The second kappa shape index (κ2) is 10.3. The van der Waals surface area contributed by atoms with Gasteiger partial charge < -0.3 is 10.1 Å². The van der Waals surface area contributed by atoms with Crippen LogP contribution < -0.4 is 10.1 Å². The van der Waals surface area contributed by atoms with Crippen LogP contribution in [0.15, 0.2) is 12.1 Å². The molecule has 2 nitrogen and oxygen atoms in total. The van der Waals surface area contributed by atoms with Crippen molar-refractivity contribution in [2.75, 3.05) is 19.7 Å². The number of hydrogen-bond acceptors (Lipinski definition) is 2. The minimum absolute atomic E-state index is 0.594. The zero-order chi connectivity index (χ0) is 15.7. The topological polar surface area (TPSA) is 21.3 Å². The van der Waals surface area contributed by atoms with Crippen molar-refractivity contribution in [3.63, 3.8) is 0 Å². The molecule has 0 saturated carbocycles. The van der Waals surface area contributed by atoms with E-state index in [1.165, 1.54) is 12.8 Å². The van der Waals surface area contributed by atoms with Gasteiger partial charge >= 0.3 is 0 Å². The summed E-state index contributed by atoms with van der Waals surface area (Å²) in [5, 5.41) is 4.84. The fraction of sp³-hybridized carbons (Fsp3) is 0.647. The summed E-state index contributed by atoms with van der Waals surface area (Å²) in [7, 11) is 0. The maximum atomic E-state index is 6.32. The van der Waals surface area contributed by atoms with Crippen LogP contribution in [0.1, 0.15) is 45.6 Å². The fourth-order valence-corrected chi connectivity index (χ4v) is 2.71. The van der Waals surface area contributed by atoms with E-state index in [0.717, 1.165) is 36.5 Å². The number of nitrogens with one attached hydrogen (secondary N) is 1. The van der Waals surface area contributed by atoms with Crippen molar-refractivity contribution in [2.45, 2.75) is 46.5 Å². The molecule has 0 aliphatic heterocycles. The summed E-state index contributed by atoms with van der Waals surface area (Å²) in [6.07, 6.45) is 4.47. The fourth-order valence-electron chi connectivity index (χ4n) is 2.22. The molecule has 0 heterocycles. The van der Waals surface area contributed by atoms with Crippen molar-refractivity contribution in [2.24, 2.45) is 5.92 Å². The SMILES string of the molecule is CCCNCCC(C)CCc1cc(Cl)c(OCC)cc1Cl. The van der Waals surface area contributed by atoms with Crippen LogP contribution in [0.2, 0.25) is 10.0 Å². The molecule has 0 saturated heterocycles. The first kappa shape index (κ1) is 18.6. The molecule has 1 rings (SSSR count). The van der Waals surface area contributed by atoms with E-state index in [9.17, 15) is 0 Å². The Bertz CT molecular complexity index is 423. The highest BCUT2D eigenvalue weighted by Crippen LogP contribution is 2.32. The van der Waals surface area contributed by atoms with E-state index in [0.29, 0.717) is 23.3 Å². The lowest BCUT2D eigenvalue weighted by atomic mass is 9.98. The standard InChI is InChI=1S/C17H27Cl2NO/c1-4-9-20-10-8-13(3)6-7-14-11-16(19)17(21-5-2)12-15(14)18/h11-13,20H,4-10H2,1-3H3. The van der Waals surface area contributed by atoms with Gasteiger partial charge in [0.2, 0.25) is 0 Å². The normalized spacial score (nSPS) is 12.4. The summed E-state index contributed by atoms with van der Waals surface area (Å²) < 4.78 is 5.45. The van der Waals surface area contributed by atoms with Crippen LogP contribution in [-0.2, 0) is 6.42 Å². The lowest BCUT2D eigenvalue weighted by Crippen LogP contribution is -2.18. The molecule has 1 atom stereocenters. The predicted octanol–water partition coefficient (Wildman–Crippen LogP) is 5.35. The van der Waals surface area contributed by atoms with E-state index in [-0.39, 0.29) is 0 Å². The van der Waals surface area contributed by atoms with Gasteiger partial charge in [0, 0.05) is 11.1 Å². The highest BCUT2D eigenvalue weighted by atomic mass is 35.5. The van der Waals surface area contributed by atoms with Gasteiger partial charge in [0.25, 0.3) is 0 Å². The Labute approximate surface area is 139 Å². The lowest BCUT2D eigenvalue weighted by Gasteiger charge is -2.14. The maximum absolute atomic E-state index is 6.32. The number of aryl methyl sites for hydroxylation is 1. The zero-order valence-corrected chi connectivity index (χ0v) is 14.9. The van der Waals surface area contributed by atoms with Crippen LogP contribution in [0.3, 0.4) is 0 Å². The largest absolute Gasteiger partial charge is 0.492 e. The number of rotatable bonds is 10. The van der Waals surface area contributed by atoms with E-state index >= 15 is 0 Å². The van der Waals surface area contributed by atoms with Crippen LogP contribution in [0.4, 0.5) is 0 Å². The average Bonchev–Trinajstić information content (AvgIpc) is 2.46. The minimum Gasteiger partial charge on any atom is -0.492 e. The third kappa shape index (κ3) is 6.90. The third-order valence-electron chi connectivity index (χ3n) is 3.55. The first-order valence-corrected chi connectivity index (χ1v) is 8.65. The van der Waals surface area contributed by atoms with Crippen LogP contribution in [0, 0.1) is 5.92 Å². The summed E-state index contributed by atoms with van der Waals surface area (Å²) in [4.78, 5) is 0. The summed E-state index contributed by atoms with van der Waals surface area (Å²) in [6.45, 7) is 9.20. The van der Waals surface area contributed by atoms with Crippen molar-refractivity contribution in [3.8, 4) is 5.75 Å². The molecule has 1 unspecified atom stereocenters. The Morgan fingerprint density at radius 3 is 2.52 bits per heavy atom. The Morgan fingerprint density at radius 2 is 1.86 bits per heavy atom. The van der Waals surface area contributed by atoms with Gasteiger partial charge in [-0.25, -0.2) is 0 Å². The molecular formula is C17H27Cl2NO. The van der Waals surface area contributed by atoms with Crippen molar-refractivity contribution < 1.29 is 4.74 Å². The Balaban J connectivity index is 2.46. The molecule has 0 radical (unpaired) electrons. The summed E-state index contributed by atoms with van der Waals surface area (Å²) in [5.74, 6) is 1.35. The second-order valence-corrected chi connectivity index (χ2v) is 6.30. The summed E-state index contributed by atoms with van der Waals surface area (Å²) >= 11 is 12.5. The first-order chi connectivity index (χ1) is 10.1. The Hall–Kier alpha value is -0.440. The molecule has 0 bridgehead atoms. The van der Waals surface area contributed by atoms with Gasteiger partial charge in [-0.05, 0) is 63.2 Å². The van der Waals surface area contributed by atoms with Gasteiger partial charge in [0.15, 0.2) is 0 Å². The molecule has 0 aromatic heterocycles. The number of benzene rings is 1. The first-order valence-electron chi connectivity index (χ1n) is 7.89. The molecule has 0 amide bonds. The molecule has 0 fully saturated rings. The smallest absolute Gasteiger partial charge is 0.139 e. The van der Waals surface area contributed by atoms with Crippen molar-refractivity contribution in [3.05, 3.63) is 27.7 Å². The minimum atomic E-state index is 0.594. The van der Waals surface area contributed by atoms with E-state index in [4.69, 9.17) is 27.9 Å². The highest BCUT2D eigenvalue weighted by Gasteiger charge is 2.10. The van der Waals surface area contributed by atoms with Gasteiger partial charge in [-0.15, -0.1) is 0 Å². The molecule has 21 heavy (non-hydrogen) atoms. The van der Waals surface area contributed by atoms with Crippen LogP contribution in [0.5, 0.6) is 5.75 Å². The number of halogens is 2. The average molecular weight is 332 g/mol. The van der Waals surface area contributed by atoms with Gasteiger partial charge in [-0.3, -0.25) is 0 Å². The van der Waals surface area contributed by atoms with Crippen molar-refractivity contribution in [1.29, 1.82) is 0 Å². The molecule has 1 N–H and O–H groups in total. The van der Waals surface area contributed by atoms with E-state index in [1.807, 2.05) is 19.1 Å². The number of ether oxygens (including phenoxy) is 1. The van der Waals surface area contributed by atoms with Crippen LogP contribution >= 0.6 is 23.2 Å². The monoisotopic (exact) mass is 331 g/mol. The van der Waals surface area contributed by atoms with E-state index in [2.05, 4.69) is 19.2 Å². The second-order valence-electron chi connectivity index (χ2n) is 5.49. The predicted molar refractivity (Wildman–Crippen MR) is 92.9 cm³/mol. The summed E-state index contributed by atoms with van der Waals surface area (Å²) in [6, 6.07) is 3.77. The van der Waals surface area contributed by atoms with E-state index in [1.54, 1.807) is 0 Å². The van der Waals surface area contributed by atoms with Gasteiger partial charge in [-0.1, -0.05) is 37.0 Å². The highest BCUT2D eigenvalue weighted by molar-refractivity contribution is 6.34. The molecule has 4 heteroatoms. The molecule has 1 aromatic carbocycles. The lowest BCUT2D eigenvalue weighted by molar-refractivity contribution is 0.340. The van der Waals surface area contributed by atoms with Gasteiger partial charge in [-0.2, -0.15) is 0 Å². The molecule has 120 valence electrons. The summed E-state index contributed by atoms with van der Waals surface area (Å²) in [5.41, 5.74) is 1.11. The number of hydrogen-bond donors (Lipinski definition) is 1. The zero-order valence-electron chi connectivity index (χ0n) is 13.3. The van der Waals surface area contributed by atoms with Crippen LogP contribution in [0.25, 0.3) is 0 Å². The van der Waals surface area contributed by atoms with Crippen molar-refractivity contribution >= 4 is 23.2 Å². The molecule has 0 aliphatic rings. The van der Waals surface area contributed by atoms with Crippen LogP contribution in [-0.4, -0.2) is 19.7 Å². The van der Waals surface area contributed by atoms with Gasteiger partial charge in [0.1, 0.15) is 5.75 Å². The quantitative estimate of drug-likeness (QED) is 0.583. The van der Waals surface area contributed by atoms with Gasteiger partial charge in [0.05, 0.1) is 11.6 Å². The third-order valence-corrected chi connectivity index (χ3v) is 4.20. The Kier molecular flexibility index (Phi) is 9.14. The molecular weight excluding hydrogens is 305 g/mol. The van der Waals surface area contributed by atoms with E-state index < -0.39 is 0 Å². The Morgan fingerprint density at radius 1 is 1.10 bits per heavy atom. The molecule has 0 spiro atoms. The molecule has 1 aromatic rings. The van der Waals surface area contributed by atoms with Crippen molar-refractivity contribution in [1.82, 2.24) is 5.32 Å². The molecule has 0 aliphatic carbocycles.